The molecule has 0 aromatic carbocycles. The van der Waals surface area contributed by atoms with Crippen molar-refractivity contribution in [3.05, 3.63) is 0 Å². The smallest absolute Gasteiger partial charge is 0.162 e. The van der Waals surface area contributed by atoms with E-state index in [0.29, 0.717) is 0 Å². The van der Waals surface area contributed by atoms with E-state index in [1.54, 1.807) is 0 Å². The van der Waals surface area contributed by atoms with Crippen molar-refractivity contribution in [1.29, 1.82) is 0 Å². The summed E-state index contributed by atoms with van der Waals surface area (Å²) in [6.07, 6.45) is 2.11. The van der Waals surface area contributed by atoms with Gasteiger partial charge >= 0.3 is 0 Å². The Labute approximate surface area is 66.8 Å². The molecule has 1 heterocycles. The lowest BCUT2D eigenvalue weighted by Gasteiger charge is -2.10. The minimum atomic E-state index is -0.115. The SMILES string of the molecule is CC(S)C(=O)C1CCCN1. The average Bonchev–Trinajstić information content (AvgIpc) is 2.36. The maximum Gasteiger partial charge on any atom is 0.162 e. The maximum absolute atomic E-state index is 11.2. The zero-order valence-electron chi connectivity index (χ0n) is 6.13. The Morgan fingerprint density at radius 1 is 1.80 bits per heavy atom. The Hall–Kier alpha value is -0.0200. The first kappa shape index (κ1) is 8.08. The van der Waals surface area contributed by atoms with Crippen molar-refractivity contribution in [3.63, 3.8) is 0 Å². The highest BCUT2D eigenvalue weighted by molar-refractivity contribution is 7.81. The largest absolute Gasteiger partial charge is 0.307 e. The van der Waals surface area contributed by atoms with Crippen LogP contribution in [0.1, 0.15) is 19.8 Å². The monoisotopic (exact) mass is 159 g/mol. The summed E-state index contributed by atoms with van der Waals surface area (Å²) in [6, 6.07) is 0.0903. The Bertz CT molecular complexity index is 130. The zero-order valence-corrected chi connectivity index (χ0v) is 7.03. The summed E-state index contributed by atoms with van der Waals surface area (Å²) in [6.45, 7) is 2.81. The van der Waals surface area contributed by atoms with Gasteiger partial charge in [-0.05, 0) is 26.3 Å². The van der Waals surface area contributed by atoms with Gasteiger partial charge in [0, 0.05) is 0 Å². The maximum atomic E-state index is 11.2. The van der Waals surface area contributed by atoms with Crippen molar-refractivity contribution in [3.8, 4) is 0 Å². The van der Waals surface area contributed by atoms with Gasteiger partial charge in [-0.25, -0.2) is 0 Å². The number of ketones is 1. The molecule has 0 saturated carbocycles. The number of hydrogen-bond acceptors (Lipinski definition) is 3. The summed E-state index contributed by atoms with van der Waals surface area (Å²) < 4.78 is 0. The first-order chi connectivity index (χ1) is 4.72. The molecular weight excluding hydrogens is 146 g/mol. The van der Waals surface area contributed by atoms with Crippen molar-refractivity contribution in [2.24, 2.45) is 0 Å². The molecule has 2 unspecified atom stereocenters. The Balaban J connectivity index is 2.40. The number of carbonyl (C=O) groups excluding carboxylic acids is 1. The molecule has 1 saturated heterocycles. The van der Waals surface area contributed by atoms with Crippen LogP contribution in [0.3, 0.4) is 0 Å². The van der Waals surface area contributed by atoms with Crippen LogP contribution in [-0.2, 0) is 4.79 Å². The van der Waals surface area contributed by atoms with Gasteiger partial charge in [0.25, 0.3) is 0 Å². The molecular formula is C7H13NOS. The van der Waals surface area contributed by atoms with E-state index in [9.17, 15) is 4.79 Å². The minimum Gasteiger partial charge on any atom is -0.307 e. The molecule has 2 atom stereocenters. The Morgan fingerprint density at radius 2 is 2.50 bits per heavy atom. The number of carbonyl (C=O) groups is 1. The van der Waals surface area contributed by atoms with Gasteiger partial charge in [0.05, 0.1) is 11.3 Å². The summed E-state index contributed by atoms with van der Waals surface area (Å²) in [4.78, 5) is 11.2. The molecule has 0 aromatic heterocycles. The zero-order chi connectivity index (χ0) is 7.56. The van der Waals surface area contributed by atoms with Crippen LogP contribution in [0, 0.1) is 0 Å². The summed E-state index contributed by atoms with van der Waals surface area (Å²) >= 11 is 4.08. The van der Waals surface area contributed by atoms with E-state index in [0.717, 1.165) is 19.4 Å². The van der Waals surface area contributed by atoms with Gasteiger partial charge in [-0.2, -0.15) is 12.6 Å². The van der Waals surface area contributed by atoms with Crippen LogP contribution in [0.15, 0.2) is 0 Å². The molecule has 1 N–H and O–H groups in total. The predicted octanol–water partition coefficient (Wildman–Crippen LogP) is 0.626. The minimum absolute atomic E-state index is 0.0903. The Kier molecular flexibility index (Phi) is 2.74. The third-order valence-electron chi connectivity index (χ3n) is 1.82. The molecule has 0 spiro atoms. The van der Waals surface area contributed by atoms with E-state index >= 15 is 0 Å². The molecule has 2 nitrogen and oxygen atoms in total. The van der Waals surface area contributed by atoms with E-state index in [4.69, 9.17) is 0 Å². The molecule has 1 aliphatic rings. The fourth-order valence-corrected chi connectivity index (χ4v) is 1.40. The van der Waals surface area contributed by atoms with Gasteiger partial charge in [0.2, 0.25) is 0 Å². The lowest BCUT2D eigenvalue weighted by Crippen LogP contribution is -2.35. The third-order valence-corrected chi connectivity index (χ3v) is 2.07. The number of rotatable bonds is 2. The van der Waals surface area contributed by atoms with Crippen LogP contribution < -0.4 is 5.32 Å². The highest BCUT2D eigenvalue weighted by Crippen LogP contribution is 2.09. The van der Waals surface area contributed by atoms with Crippen molar-refractivity contribution in [2.45, 2.75) is 31.1 Å². The third kappa shape index (κ3) is 1.73. The Morgan fingerprint density at radius 3 is 2.90 bits per heavy atom. The first-order valence-corrected chi connectivity index (χ1v) is 4.18. The fraction of sp³-hybridized carbons (Fsp3) is 0.857. The fourth-order valence-electron chi connectivity index (χ4n) is 1.22. The van der Waals surface area contributed by atoms with E-state index in [-0.39, 0.29) is 17.1 Å². The molecule has 1 rings (SSSR count). The predicted molar refractivity (Wildman–Crippen MR) is 44.5 cm³/mol. The number of nitrogens with one attached hydrogen (secondary N) is 1. The van der Waals surface area contributed by atoms with Crippen LogP contribution >= 0.6 is 12.6 Å². The number of thiol groups is 1. The van der Waals surface area contributed by atoms with E-state index in [2.05, 4.69) is 17.9 Å². The van der Waals surface area contributed by atoms with Crippen LogP contribution in [0.2, 0.25) is 0 Å². The molecule has 1 aliphatic heterocycles. The topological polar surface area (TPSA) is 29.1 Å². The second-order valence-corrected chi connectivity index (χ2v) is 3.50. The lowest BCUT2D eigenvalue weighted by atomic mass is 10.1. The summed E-state index contributed by atoms with van der Waals surface area (Å²) in [5.41, 5.74) is 0. The molecule has 10 heavy (non-hydrogen) atoms. The molecule has 0 aliphatic carbocycles. The molecule has 0 aromatic rings. The van der Waals surface area contributed by atoms with Crippen molar-refractivity contribution in [1.82, 2.24) is 5.32 Å². The van der Waals surface area contributed by atoms with E-state index in [1.165, 1.54) is 0 Å². The van der Waals surface area contributed by atoms with Gasteiger partial charge in [0.1, 0.15) is 0 Å². The lowest BCUT2D eigenvalue weighted by molar-refractivity contribution is -0.119. The molecule has 58 valence electrons. The van der Waals surface area contributed by atoms with Crippen molar-refractivity contribution >= 4 is 18.4 Å². The van der Waals surface area contributed by atoms with Gasteiger partial charge in [-0.15, -0.1) is 0 Å². The second kappa shape index (κ2) is 3.39. The van der Waals surface area contributed by atoms with Crippen molar-refractivity contribution < 1.29 is 4.79 Å². The molecule has 0 amide bonds. The van der Waals surface area contributed by atoms with Gasteiger partial charge in [0.15, 0.2) is 5.78 Å². The van der Waals surface area contributed by atoms with Gasteiger partial charge in [-0.3, -0.25) is 4.79 Å². The van der Waals surface area contributed by atoms with Gasteiger partial charge in [-0.1, -0.05) is 0 Å². The number of hydrogen-bond donors (Lipinski definition) is 2. The van der Waals surface area contributed by atoms with Crippen LogP contribution in [0.25, 0.3) is 0 Å². The number of Topliss-reactive ketones (excluding diaryl/α,β-unsaturated/α-hetero) is 1. The highest BCUT2D eigenvalue weighted by Gasteiger charge is 2.23. The van der Waals surface area contributed by atoms with Crippen LogP contribution in [0.5, 0.6) is 0 Å². The second-order valence-electron chi connectivity index (χ2n) is 2.73. The van der Waals surface area contributed by atoms with Crippen molar-refractivity contribution in [2.75, 3.05) is 6.54 Å². The van der Waals surface area contributed by atoms with E-state index < -0.39 is 0 Å². The van der Waals surface area contributed by atoms with Gasteiger partial charge < -0.3 is 5.32 Å². The van der Waals surface area contributed by atoms with Crippen LogP contribution in [0.4, 0.5) is 0 Å². The summed E-state index contributed by atoms with van der Waals surface area (Å²) in [5.74, 6) is 0.237. The highest BCUT2D eigenvalue weighted by atomic mass is 32.1. The standard InChI is InChI=1S/C7H13NOS/c1-5(10)7(9)6-3-2-4-8-6/h5-6,8,10H,2-4H2,1H3. The van der Waals surface area contributed by atoms with Crippen LogP contribution in [-0.4, -0.2) is 23.6 Å². The summed E-state index contributed by atoms with van der Waals surface area (Å²) in [7, 11) is 0. The molecule has 3 heteroatoms. The molecule has 0 bridgehead atoms. The average molecular weight is 159 g/mol. The summed E-state index contributed by atoms with van der Waals surface area (Å²) in [5, 5.41) is 3.02. The van der Waals surface area contributed by atoms with E-state index in [1.807, 2.05) is 6.92 Å². The quantitative estimate of drug-likeness (QED) is 0.579. The normalized spacial score (nSPS) is 28.4. The molecule has 0 radical (unpaired) electrons. The first-order valence-electron chi connectivity index (χ1n) is 3.67. The molecule has 1 fully saturated rings.